The Hall–Kier alpha value is -4.31. The van der Waals surface area contributed by atoms with Gasteiger partial charge in [0.2, 0.25) is 5.91 Å². The van der Waals surface area contributed by atoms with Crippen LogP contribution < -0.4 is 11.1 Å². The van der Waals surface area contributed by atoms with Crippen LogP contribution in [0.1, 0.15) is 96.8 Å². The van der Waals surface area contributed by atoms with Gasteiger partial charge in [0.05, 0.1) is 36.1 Å². The first kappa shape index (κ1) is 38.5. The van der Waals surface area contributed by atoms with Crippen LogP contribution in [0.4, 0.5) is 0 Å². The number of benzene rings is 3. The van der Waals surface area contributed by atoms with E-state index >= 15 is 0 Å². The minimum absolute atomic E-state index is 0.0202. The van der Waals surface area contributed by atoms with Gasteiger partial charge in [0.25, 0.3) is 0 Å². The fourth-order valence-corrected chi connectivity index (χ4v) is 8.52. The van der Waals surface area contributed by atoms with E-state index in [0.29, 0.717) is 49.1 Å². The summed E-state index contributed by atoms with van der Waals surface area (Å²) in [5.41, 5.74) is 8.93. The second-order valence-electron chi connectivity index (χ2n) is 13.5. The quantitative estimate of drug-likeness (QED) is 0.0746. The molecule has 0 aromatic heterocycles. The SMILES string of the molecule is COC(=O)c1cccc(CS(=O)(=O)C[C@H](CCCc2ccccc2)C(=O)N[C@@H](CCC2CCCCC2)C(=O)CCc2ccc(C(=N)N)cc2)c1. The molecule has 0 bridgehead atoms. The van der Waals surface area contributed by atoms with E-state index in [1.807, 2.05) is 42.5 Å². The molecule has 0 unspecified atom stereocenters. The number of nitrogens with two attached hydrogens (primary N) is 1. The Morgan fingerprint density at radius 3 is 2.22 bits per heavy atom. The summed E-state index contributed by atoms with van der Waals surface area (Å²) in [6, 6.07) is 22.7. The van der Waals surface area contributed by atoms with Crippen molar-refractivity contribution in [3.8, 4) is 0 Å². The number of methoxy groups -OCH3 is 1. The molecule has 3 aromatic rings. The highest BCUT2D eigenvalue weighted by Gasteiger charge is 2.30. The maximum absolute atomic E-state index is 14.0. The summed E-state index contributed by atoms with van der Waals surface area (Å²) in [6.45, 7) is 0. The molecule has 1 amide bonds. The fourth-order valence-electron chi connectivity index (χ4n) is 6.79. The van der Waals surface area contributed by atoms with E-state index in [2.05, 4.69) is 5.32 Å². The highest BCUT2D eigenvalue weighted by molar-refractivity contribution is 7.90. The van der Waals surface area contributed by atoms with E-state index in [4.69, 9.17) is 15.9 Å². The third-order valence-corrected chi connectivity index (χ3v) is 11.3. The standard InChI is InChI=1S/C40H51N3O6S/c1-49-40(46)34-16-9-15-32(26-34)27-50(47,48)28-35(17-8-14-29-10-4-2-5-11-29)39(45)43-36(24-20-30-12-6-3-7-13-30)37(44)25-21-31-18-22-33(23-19-31)38(41)42/h2,4-5,9-11,15-16,18-19,22-23,26,30,35-36H,3,6-8,12-14,17,20-21,24-25,27-28H2,1H3,(H3,41,42)(H,43,45)/t35-,36-/m0/s1. The molecular formula is C40H51N3O6S. The third kappa shape index (κ3) is 12.5. The van der Waals surface area contributed by atoms with E-state index in [-0.39, 0.29) is 35.1 Å². The van der Waals surface area contributed by atoms with Crippen LogP contribution in [0.15, 0.2) is 78.9 Å². The number of ketones is 1. The molecule has 3 aromatic carbocycles. The van der Waals surface area contributed by atoms with E-state index in [9.17, 15) is 22.8 Å². The Bertz CT molecular complexity index is 1690. The number of esters is 1. The van der Waals surface area contributed by atoms with Crippen molar-refractivity contribution >= 4 is 33.3 Å². The Morgan fingerprint density at radius 1 is 0.860 bits per heavy atom. The molecular weight excluding hydrogens is 651 g/mol. The highest BCUT2D eigenvalue weighted by atomic mass is 32.2. The molecule has 10 heteroatoms. The third-order valence-electron chi connectivity index (χ3n) is 9.64. The number of nitrogen functional groups attached to an aromatic ring is 1. The van der Waals surface area contributed by atoms with Crippen LogP contribution in [0.2, 0.25) is 0 Å². The summed E-state index contributed by atoms with van der Waals surface area (Å²) >= 11 is 0. The van der Waals surface area contributed by atoms with Crippen molar-refractivity contribution in [2.75, 3.05) is 12.9 Å². The van der Waals surface area contributed by atoms with Crippen LogP contribution in [-0.4, -0.2) is 50.8 Å². The average molecular weight is 702 g/mol. The number of amidine groups is 1. The summed E-state index contributed by atoms with van der Waals surface area (Å²) in [5, 5.41) is 10.6. The molecule has 1 saturated carbocycles. The van der Waals surface area contributed by atoms with E-state index in [1.165, 1.54) is 32.4 Å². The van der Waals surface area contributed by atoms with Gasteiger partial charge in [-0.25, -0.2) is 13.2 Å². The molecule has 0 heterocycles. The minimum atomic E-state index is -3.79. The molecule has 9 nitrogen and oxygen atoms in total. The zero-order valence-corrected chi connectivity index (χ0v) is 29.9. The van der Waals surface area contributed by atoms with Gasteiger partial charge in [0, 0.05) is 12.0 Å². The number of aryl methyl sites for hydroxylation is 2. The molecule has 1 aliphatic rings. The average Bonchev–Trinajstić information content (AvgIpc) is 3.12. The molecule has 1 fully saturated rings. The van der Waals surface area contributed by atoms with E-state index < -0.39 is 33.7 Å². The highest BCUT2D eigenvalue weighted by Crippen LogP contribution is 2.28. The van der Waals surface area contributed by atoms with Crippen LogP contribution in [0, 0.1) is 17.2 Å². The lowest BCUT2D eigenvalue weighted by molar-refractivity contribution is -0.130. The van der Waals surface area contributed by atoms with Crippen molar-refractivity contribution in [2.45, 2.75) is 88.8 Å². The van der Waals surface area contributed by atoms with Crippen molar-refractivity contribution in [2.24, 2.45) is 17.6 Å². The first-order chi connectivity index (χ1) is 24.0. The number of Topliss-reactive ketones (excluding diaryl/α,β-unsaturated/α-hetero) is 1. The van der Waals surface area contributed by atoms with Crippen molar-refractivity contribution in [3.05, 3.63) is 107 Å². The topological polar surface area (TPSA) is 156 Å². The zero-order chi connectivity index (χ0) is 35.9. The lowest BCUT2D eigenvalue weighted by Gasteiger charge is -2.26. The molecule has 50 heavy (non-hydrogen) atoms. The van der Waals surface area contributed by atoms with Crippen LogP contribution in [0.25, 0.3) is 0 Å². The van der Waals surface area contributed by atoms with Gasteiger partial charge < -0.3 is 15.8 Å². The largest absolute Gasteiger partial charge is 0.465 e. The van der Waals surface area contributed by atoms with Gasteiger partial charge in [-0.15, -0.1) is 0 Å². The van der Waals surface area contributed by atoms with Gasteiger partial charge in [-0.3, -0.25) is 15.0 Å². The van der Waals surface area contributed by atoms with Crippen molar-refractivity contribution in [3.63, 3.8) is 0 Å². The summed E-state index contributed by atoms with van der Waals surface area (Å²) in [7, 11) is -2.52. The number of nitrogens with one attached hydrogen (secondary N) is 2. The van der Waals surface area contributed by atoms with Crippen LogP contribution in [-0.2, 0) is 42.8 Å². The fraction of sp³-hybridized carbons (Fsp3) is 0.450. The van der Waals surface area contributed by atoms with E-state index in [0.717, 1.165) is 30.4 Å². The molecule has 268 valence electrons. The Labute approximate surface area is 296 Å². The maximum Gasteiger partial charge on any atom is 0.337 e. The summed E-state index contributed by atoms with van der Waals surface area (Å²) in [4.78, 5) is 39.8. The van der Waals surface area contributed by atoms with Crippen LogP contribution >= 0.6 is 0 Å². The molecule has 2 atom stereocenters. The first-order valence-electron chi connectivity index (χ1n) is 17.7. The van der Waals surface area contributed by atoms with Gasteiger partial charge in [-0.2, -0.15) is 0 Å². The number of hydrogen-bond acceptors (Lipinski definition) is 7. The predicted octanol–water partition coefficient (Wildman–Crippen LogP) is 6.36. The number of rotatable bonds is 19. The van der Waals surface area contributed by atoms with Crippen LogP contribution in [0.5, 0.6) is 0 Å². The van der Waals surface area contributed by atoms with Gasteiger partial charge in [0.1, 0.15) is 5.84 Å². The first-order valence-corrected chi connectivity index (χ1v) is 19.5. The Morgan fingerprint density at radius 2 is 1.54 bits per heavy atom. The number of carbonyl (C=O) groups is 3. The molecule has 0 radical (unpaired) electrons. The monoisotopic (exact) mass is 701 g/mol. The number of sulfone groups is 1. The van der Waals surface area contributed by atoms with Crippen molar-refractivity contribution in [1.82, 2.24) is 5.32 Å². The van der Waals surface area contributed by atoms with Gasteiger partial charge >= 0.3 is 5.97 Å². The Balaban J connectivity index is 1.49. The van der Waals surface area contributed by atoms with Crippen LogP contribution in [0.3, 0.4) is 0 Å². The van der Waals surface area contributed by atoms with E-state index in [1.54, 1.807) is 30.3 Å². The second-order valence-corrected chi connectivity index (χ2v) is 15.6. The smallest absolute Gasteiger partial charge is 0.337 e. The molecule has 0 aliphatic heterocycles. The number of carbonyl (C=O) groups excluding carboxylic acids is 3. The predicted molar refractivity (Wildman–Crippen MR) is 197 cm³/mol. The number of hydrogen-bond donors (Lipinski definition) is 3. The molecule has 1 aliphatic carbocycles. The lowest BCUT2D eigenvalue weighted by Crippen LogP contribution is -2.45. The van der Waals surface area contributed by atoms with Crippen molar-refractivity contribution in [1.29, 1.82) is 5.41 Å². The number of ether oxygens (including phenoxy) is 1. The second kappa shape index (κ2) is 19.2. The molecule has 0 spiro atoms. The summed E-state index contributed by atoms with van der Waals surface area (Å²) in [5.74, 6) is -2.11. The number of amides is 1. The Kier molecular flexibility index (Phi) is 14.8. The lowest BCUT2D eigenvalue weighted by atomic mass is 9.84. The normalized spacial score (nSPS) is 14.7. The molecule has 4 N–H and O–H groups in total. The summed E-state index contributed by atoms with van der Waals surface area (Å²) < 4.78 is 32.0. The van der Waals surface area contributed by atoms with Crippen molar-refractivity contribution < 1.29 is 27.5 Å². The zero-order valence-electron chi connectivity index (χ0n) is 29.1. The minimum Gasteiger partial charge on any atom is -0.465 e. The van der Waals surface area contributed by atoms with Gasteiger partial charge in [-0.05, 0) is 73.3 Å². The maximum atomic E-state index is 14.0. The molecule has 4 rings (SSSR count). The molecule has 0 saturated heterocycles. The van der Waals surface area contributed by atoms with Gasteiger partial charge in [-0.1, -0.05) is 98.8 Å². The van der Waals surface area contributed by atoms with Gasteiger partial charge in [0.15, 0.2) is 15.6 Å². The summed E-state index contributed by atoms with van der Waals surface area (Å²) in [6.07, 6.45) is 9.51.